The lowest BCUT2D eigenvalue weighted by molar-refractivity contribution is -0.132. The maximum atomic E-state index is 10.7. The second-order valence-electron chi connectivity index (χ2n) is 6.67. The molecule has 0 saturated heterocycles. The van der Waals surface area contributed by atoms with Crippen LogP contribution in [0, 0.1) is 0 Å². The Bertz CT molecular complexity index is 510. The highest BCUT2D eigenvalue weighted by atomic mass is 16.4. The summed E-state index contributed by atoms with van der Waals surface area (Å²) < 4.78 is 0. The van der Waals surface area contributed by atoms with Crippen LogP contribution in [0.25, 0.3) is 0 Å². The number of aliphatic hydroxyl groups excluding tert-OH is 1. The minimum absolute atomic E-state index is 0.157. The molecule has 1 unspecified atom stereocenters. The van der Waals surface area contributed by atoms with Gasteiger partial charge in [-0.25, -0.2) is 4.79 Å². The summed E-state index contributed by atoms with van der Waals surface area (Å²) in [5.41, 5.74) is 1.65. The van der Waals surface area contributed by atoms with E-state index in [0.717, 1.165) is 24.8 Å². The Morgan fingerprint density at radius 3 is 2.29 bits per heavy atom. The molecule has 0 aliphatic rings. The third kappa shape index (κ3) is 11.0. The maximum Gasteiger partial charge on any atom is 0.331 e. The van der Waals surface area contributed by atoms with Crippen LogP contribution in [0.5, 0.6) is 0 Å². The zero-order chi connectivity index (χ0) is 18.8. The van der Waals surface area contributed by atoms with Crippen molar-refractivity contribution in [3.8, 4) is 0 Å². The monoisotopic (exact) mass is 336 g/mol. The number of carbonyl (C=O) groups is 1. The van der Waals surface area contributed by atoms with Crippen molar-refractivity contribution < 1.29 is 20.1 Å². The van der Waals surface area contributed by atoms with Gasteiger partial charge >= 0.3 is 5.97 Å². The fourth-order valence-electron chi connectivity index (χ4n) is 2.19. The fourth-order valence-corrected chi connectivity index (χ4v) is 2.19. The van der Waals surface area contributed by atoms with Crippen molar-refractivity contribution in [2.75, 3.05) is 0 Å². The van der Waals surface area contributed by atoms with Gasteiger partial charge in [0.15, 0.2) is 0 Å². The molecule has 2 atom stereocenters. The molecule has 0 radical (unpaired) electrons. The van der Waals surface area contributed by atoms with E-state index >= 15 is 0 Å². The molecule has 0 saturated carbocycles. The lowest BCUT2D eigenvalue weighted by Crippen LogP contribution is -2.19. The standard InChI is InChI=1S/C20H32O4/c1-6-20(5,24)12-8-11-15(2)9-7-10-16(3)13-18(21)14-17(4)19(22)23/h6,10-11,14,18,21,24H,1,7-9,12-13H2,2-5H3,(H,22,23)/b15-11+,16-10+,17-14+/t18?,20-/m1/s1. The minimum atomic E-state index is -1.01. The molecule has 0 fully saturated rings. The van der Waals surface area contributed by atoms with Crippen molar-refractivity contribution in [3.05, 3.63) is 47.6 Å². The van der Waals surface area contributed by atoms with Crippen molar-refractivity contribution in [2.24, 2.45) is 0 Å². The van der Waals surface area contributed by atoms with Crippen LogP contribution in [0.1, 0.15) is 59.8 Å². The molecule has 24 heavy (non-hydrogen) atoms. The van der Waals surface area contributed by atoms with Gasteiger partial charge in [0.1, 0.15) is 0 Å². The van der Waals surface area contributed by atoms with Crippen LogP contribution >= 0.6 is 0 Å². The van der Waals surface area contributed by atoms with E-state index in [4.69, 9.17) is 5.11 Å². The number of rotatable bonds is 11. The lowest BCUT2D eigenvalue weighted by Gasteiger charge is -2.16. The number of allylic oxidation sites excluding steroid dienone is 3. The highest BCUT2D eigenvalue weighted by Crippen LogP contribution is 2.16. The van der Waals surface area contributed by atoms with Gasteiger partial charge in [-0.15, -0.1) is 6.58 Å². The van der Waals surface area contributed by atoms with Crippen molar-refractivity contribution in [1.29, 1.82) is 0 Å². The molecule has 0 heterocycles. The Morgan fingerprint density at radius 2 is 1.75 bits per heavy atom. The maximum absolute atomic E-state index is 10.7. The third-order valence-electron chi connectivity index (χ3n) is 3.93. The molecule has 0 aliphatic heterocycles. The Morgan fingerprint density at radius 1 is 1.17 bits per heavy atom. The SMILES string of the molecule is C=C[C@@](C)(O)CC/C=C(\C)CC/C=C(\C)CC(O)/C=C(\C)C(=O)O. The summed E-state index contributed by atoms with van der Waals surface area (Å²) in [6, 6.07) is 0. The number of aliphatic hydroxyl groups is 2. The van der Waals surface area contributed by atoms with Crippen LogP contribution in [-0.4, -0.2) is 33.0 Å². The second-order valence-corrected chi connectivity index (χ2v) is 6.67. The highest BCUT2D eigenvalue weighted by Gasteiger charge is 2.13. The number of aliphatic carboxylic acids is 1. The summed E-state index contributed by atoms with van der Waals surface area (Å²) in [7, 11) is 0. The molecule has 0 spiro atoms. The normalized spacial score (nSPS) is 17.3. The van der Waals surface area contributed by atoms with Gasteiger partial charge in [-0.05, 0) is 65.9 Å². The highest BCUT2D eigenvalue weighted by molar-refractivity contribution is 5.85. The quantitative estimate of drug-likeness (QED) is 0.391. The van der Waals surface area contributed by atoms with Crippen molar-refractivity contribution >= 4 is 5.97 Å². The van der Waals surface area contributed by atoms with Crippen LogP contribution in [0.15, 0.2) is 47.6 Å². The molecule has 0 aromatic rings. The largest absolute Gasteiger partial charge is 0.478 e. The first-order chi connectivity index (χ1) is 11.1. The predicted molar refractivity (Wildman–Crippen MR) is 98.8 cm³/mol. The first-order valence-corrected chi connectivity index (χ1v) is 8.34. The summed E-state index contributed by atoms with van der Waals surface area (Å²) in [5, 5.41) is 28.5. The zero-order valence-corrected chi connectivity index (χ0v) is 15.4. The van der Waals surface area contributed by atoms with Gasteiger partial charge in [-0.2, -0.15) is 0 Å². The van der Waals surface area contributed by atoms with E-state index in [1.165, 1.54) is 18.6 Å². The van der Waals surface area contributed by atoms with Gasteiger partial charge in [-0.3, -0.25) is 0 Å². The van der Waals surface area contributed by atoms with E-state index < -0.39 is 17.7 Å². The van der Waals surface area contributed by atoms with E-state index in [2.05, 4.69) is 25.7 Å². The van der Waals surface area contributed by atoms with Crippen LogP contribution in [0.2, 0.25) is 0 Å². The Hall–Kier alpha value is -1.65. The summed E-state index contributed by atoms with van der Waals surface area (Å²) in [6.07, 6.45) is 10.1. The van der Waals surface area contributed by atoms with Crippen LogP contribution in [0.4, 0.5) is 0 Å². The fraction of sp³-hybridized carbons (Fsp3) is 0.550. The number of carboxylic acids is 1. The Balaban J connectivity index is 4.27. The molecule has 0 rings (SSSR count). The van der Waals surface area contributed by atoms with Gasteiger partial charge in [0.2, 0.25) is 0 Å². The zero-order valence-electron chi connectivity index (χ0n) is 15.4. The molecular formula is C20H32O4. The molecule has 0 amide bonds. The molecular weight excluding hydrogens is 304 g/mol. The second kappa shape index (κ2) is 11.0. The average molecular weight is 336 g/mol. The Labute approximate surface area is 145 Å². The predicted octanol–water partition coefficient (Wildman–Crippen LogP) is 4.16. The number of hydrogen-bond donors (Lipinski definition) is 3. The van der Waals surface area contributed by atoms with Gasteiger partial charge in [-0.1, -0.05) is 29.4 Å². The van der Waals surface area contributed by atoms with Crippen molar-refractivity contribution in [1.82, 2.24) is 0 Å². The Kier molecular flexibility index (Phi) is 10.2. The smallest absolute Gasteiger partial charge is 0.331 e. The molecule has 136 valence electrons. The van der Waals surface area contributed by atoms with Gasteiger partial charge in [0.25, 0.3) is 0 Å². The van der Waals surface area contributed by atoms with Crippen LogP contribution in [-0.2, 0) is 4.79 Å². The van der Waals surface area contributed by atoms with E-state index in [-0.39, 0.29) is 5.57 Å². The van der Waals surface area contributed by atoms with Gasteiger partial charge < -0.3 is 15.3 Å². The van der Waals surface area contributed by atoms with Crippen molar-refractivity contribution in [2.45, 2.75) is 71.5 Å². The van der Waals surface area contributed by atoms with Gasteiger partial charge in [0.05, 0.1) is 11.7 Å². The summed E-state index contributed by atoms with van der Waals surface area (Å²) in [6.45, 7) is 10.8. The molecule has 3 N–H and O–H groups in total. The van der Waals surface area contributed by atoms with E-state index in [1.54, 1.807) is 13.0 Å². The van der Waals surface area contributed by atoms with Crippen LogP contribution in [0.3, 0.4) is 0 Å². The molecule has 0 aromatic carbocycles. The van der Waals surface area contributed by atoms with E-state index in [1.807, 2.05) is 6.92 Å². The first-order valence-electron chi connectivity index (χ1n) is 8.34. The molecule has 0 aliphatic carbocycles. The average Bonchev–Trinajstić information content (AvgIpc) is 2.46. The third-order valence-corrected chi connectivity index (χ3v) is 3.93. The minimum Gasteiger partial charge on any atom is -0.478 e. The summed E-state index contributed by atoms with van der Waals surface area (Å²) in [4.78, 5) is 10.7. The van der Waals surface area contributed by atoms with E-state index in [9.17, 15) is 15.0 Å². The van der Waals surface area contributed by atoms with E-state index in [0.29, 0.717) is 12.8 Å². The molecule has 0 bridgehead atoms. The molecule has 4 heteroatoms. The number of carboxylic acid groups (broad SMARTS) is 1. The summed E-state index contributed by atoms with van der Waals surface area (Å²) >= 11 is 0. The van der Waals surface area contributed by atoms with Gasteiger partial charge in [0, 0.05) is 5.57 Å². The number of hydrogen-bond acceptors (Lipinski definition) is 3. The van der Waals surface area contributed by atoms with Crippen molar-refractivity contribution in [3.63, 3.8) is 0 Å². The molecule has 0 aromatic heterocycles. The lowest BCUT2D eigenvalue weighted by atomic mass is 9.99. The summed E-state index contributed by atoms with van der Waals surface area (Å²) in [5.74, 6) is -1.01. The molecule has 4 nitrogen and oxygen atoms in total. The topological polar surface area (TPSA) is 77.8 Å². The van der Waals surface area contributed by atoms with Crippen LogP contribution < -0.4 is 0 Å². The first kappa shape index (κ1) is 22.4.